The van der Waals surface area contributed by atoms with Crippen LogP contribution in [0.1, 0.15) is 57.9 Å². The van der Waals surface area contributed by atoms with Crippen LogP contribution in [-0.2, 0) is 0 Å². The van der Waals surface area contributed by atoms with Crippen molar-refractivity contribution >= 4 is 5.82 Å². The Morgan fingerprint density at radius 2 is 2.16 bits per heavy atom. The van der Waals surface area contributed by atoms with Crippen LogP contribution in [0.15, 0.2) is 17.2 Å². The third-order valence-corrected chi connectivity index (χ3v) is 4.85. The van der Waals surface area contributed by atoms with E-state index >= 15 is 0 Å². The highest BCUT2D eigenvalue weighted by Gasteiger charge is 2.32. The van der Waals surface area contributed by atoms with E-state index in [1.807, 2.05) is 10.8 Å². The minimum atomic E-state index is 0.0502. The van der Waals surface area contributed by atoms with Gasteiger partial charge in [-0.3, -0.25) is 4.79 Å². The second kappa shape index (κ2) is 4.99. The molecular weight excluding hydrogens is 238 g/mol. The molecule has 0 atom stereocenters. The Kier molecular flexibility index (Phi) is 3.33. The first-order valence-corrected chi connectivity index (χ1v) is 7.55. The standard InChI is InChI=1S/C15H23N3O/c1-2-15(7-3-4-8-15)11-17-13-14(19)18(10-9-16-13)12-5-6-12/h9-10,12H,2-8,11H2,1H3,(H,16,17). The zero-order valence-electron chi connectivity index (χ0n) is 11.7. The molecule has 2 aliphatic rings. The van der Waals surface area contributed by atoms with Gasteiger partial charge < -0.3 is 9.88 Å². The van der Waals surface area contributed by atoms with E-state index in [4.69, 9.17) is 0 Å². The van der Waals surface area contributed by atoms with Gasteiger partial charge in [0.25, 0.3) is 5.56 Å². The summed E-state index contributed by atoms with van der Waals surface area (Å²) in [5.41, 5.74) is 0.434. The molecular formula is C15H23N3O. The lowest BCUT2D eigenvalue weighted by molar-refractivity contribution is 0.306. The molecule has 0 spiro atoms. The van der Waals surface area contributed by atoms with Crippen molar-refractivity contribution in [2.24, 2.45) is 5.41 Å². The Bertz CT molecular complexity index is 498. The third-order valence-electron chi connectivity index (χ3n) is 4.85. The SMILES string of the molecule is CCC1(CNc2nccn(C3CC3)c2=O)CCCC1. The summed E-state index contributed by atoms with van der Waals surface area (Å²) in [6.45, 7) is 3.15. The summed E-state index contributed by atoms with van der Waals surface area (Å²) in [6.07, 6.45) is 12.2. The Hall–Kier alpha value is -1.32. The van der Waals surface area contributed by atoms with Gasteiger partial charge in [-0.25, -0.2) is 4.98 Å². The normalized spacial score (nSPS) is 21.5. The number of rotatable bonds is 5. The fourth-order valence-corrected chi connectivity index (χ4v) is 3.24. The summed E-state index contributed by atoms with van der Waals surface area (Å²) in [6, 6.07) is 0.419. The first-order valence-electron chi connectivity index (χ1n) is 7.55. The van der Waals surface area contributed by atoms with Crippen LogP contribution in [-0.4, -0.2) is 16.1 Å². The van der Waals surface area contributed by atoms with E-state index in [1.165, 1.54) is 32.1 Å². The highest BCUT2D eigenvalue weighted by molar-refractivity contribution is 5.31. The molecule has 0 amide bonds. The second-order valence-corrected chi connectivity index (χ2v) is 6.13. The van der Waals surface area contributed by atoms with E-state index in [1.54, 1.807) is 6.20 Å². The molecule has 1 aromatic heterocycles. The fourth-order valence-electron chi connectivity index (χ4n) is 3.24. The van der Waals surface area contributed by atoms with Crippen LogP contribution in [0.3, 0.4) is 0 Å². The predicted octanol–water partition coefficient (Wildman–Crippen LogP) is 2.96. The zero-order valence-corrected chi connectivity index (χ0v) is 11.7. The van der Waals surface area contributed by atoms with Crippen LogP contribution < -0.4 is 10.9 Å². The molecule has 2 aliphatic carbocycles. The van der Waals surface area contributed by atoms with Crippen molar-refractivity contribution in [2.75, 3.05) is 11.9 Å². The molecule has 1 N–H and O–H groups in total. The summed E-state index contributed by atoms with van der Waals surface area (Å²) >= 11 is 0. The number of aromatic nitrogens is 2. The first-order chi connectivity index (χ1) is 9.24. The van der Waals surface area contributed by atoms with Gasteiger partial charge in [0.2, 0.25) is 0 Å². The van der Waals surface area contributed by atoms with Gasteiger partial charge in [0.15, 0.2) is 5.82 Å². The van der Waals surface area contributed by atoms with Crippen molar-refractivity contribution in [2.45, 2.75) is 57.9 Å². The maximum absolute atomic E-state index is 12.3. The monoisotopic (exact) mass is 261 g/mol. The molecule has 1 heterocycles. The number of nitrogens with one attached hydrogen (secondary N) is 1. The quantitative estimate of drug-likeness (QED) is 0.886. The summed E-state index contributed by atoms with van der Waals surface area (Å²) < 4.78 is 1.84. The van der Waals surface area contributed by atoms with Gasteiger partial charge in [-0.05, 0) is 37.5 Å². The van der Waals surface area contributed by atoms with Gasteiger partial charge >= 0.3 is 0 Å². The predicted molar refractivity (Wildman–Crippen MR) is 76.4 cm³/mol. The Labute approximate surface area is 114 Å². The minimum Gasteiger partial charge on any atom is -0.365 e. The Morgan fingerprint density at radius 3 is 2.79 bits per heavy atom. The smallest absolute Gasteiger partial charge is 0.293 e. The van der Waals surface area contributed by atoms with Gasteiger partial charge in [-0.15, -0.1) is 0 Å². The molecule has 4 nitrogen and oxygen atoms in total. The highest BCUT2D eigenvalue weighted by atomic mass is 16.1. The zero-order chi connectivity index (χ0) is 13.3. The molecule has 2 fully saturated rings. The van der Waals surface area contributed by atoms with Crippen LogP contribution in [0.5, 0.6) is 0 Å². The first kappa shape index (κ1) is 12.7. The van der Waals surface area contributed by atoms with Crippen molar-refractivity contribution in [1.29, 1.82) is 0 Å². The molecule has 104 valence electrons. The average molecular weight is 261 g/mol. The summed E-state index contributed by atoms with van der Waals surface area (Å²) in [5.74, 6) is 0.536. The molecule has 4 heteroatoms. The van der Waals surface area contributed by atoms with Gasteiger partial charge in [0, 0.05) is 25.0 Å². The van der Waals surface area contributed by atoms with Crippen molar-refractivity contribution in [1.82, 2.24) is 9.55 Å². The third kappa shape index (κ3) is 2.53. The lowest BCUT2D eigenvalue weighted by Gasteiger charge is -2.27. The maximum Gasteiger partial charge on any atom is 0.293 e. The molecule has 0 unspecified atom stereocenters. The molecule has 0 bridgehead atoms. The Balaban J connectivity index is 1.73. The molecule has 0 aliphatic heterocycles. The lowest BCUT2D eigenvalue weighted by atomic mass is 9.83. The summed E-state index contributed by atoms with van der Waals surface area (Å²) in [4.78, 5) is 16.5. The van der Waals surface area contributed by atoms with E-state index in [0.717, 1.165) is 19.4 Å². The van der Waals surface area contributed by atoms with Crippen molar-refractivity contribution in [3.05, 3.63) is 22.7 Å². The second-order valence-electron chi connectivity index (χ2n) is 6.13. The number of anilines is 1. The molecule has 0 aromatic carbocycles. The number of hydrogen-bond donors (Lipinski definition) is 1. The van der Waals surface area contributed by atoms with E-state index < -0.39 is 0 Å². The number of hydrogen-bond acceptors (Lipinski definition) is 3. The van der Waals surface area contributed by atoms with Gasteiger partial charge in [-0.1, -0.05) is 19.8 Å². The van der Waals surface area contributed by atoms with E-state index in [0.29, 0.717) is 17.3 Å². The molecule has 0 radical (unpaired) electrons. The average Bonchev–Trinajstić information content (AvgIpc) is 3.16. The van der Waals surface area contributed by atoms with Gasteiger partial charge in [0.05, 0.1) is 0 Å². The van der Waals surface area contributed by atoms with Crippen molar-refractivity contribution < 1.29 is 0 Å². The highest BCUT2D eigenvalue weighted by Crippen LogP contribution is 2.40. The fraction of sp³-hybridized carbons (Fsp3) is 0.733. The van der Waals surface area contributed by atoms with Crippen molar-refractivity contribution in [3.8, 4) is 0 Å². The van der Waals surface area contributed by atoms with Crippen LogP contribution in [0.4, 0.5) is 5.82 Å². The topological polar surface area (TPSA) is 46.9 Å². The lowest BCUT2D eigenvalue weighted by Crippen LogP contribution is -2.30. The van der Waals surface area contributed by atoms with Crippen LogP contribution >= 0.6 is 0 Å². The van der Waals surface area contributed by atoms with Crippen LogP contribution in [0, 0.1) is 5.41 Å². The molecule has 3 rings (SSSR count). The largest absolute Gasteiger partial charge is 0.365 e. The minimum absolute atomic E-state index is 0.0502. The van der Waals surface area contributed by atoms with Gasteiger partial charge in [0.1, 0.15) is 0 Å². The van der Waals surface area contributed by atoms with Crippen LogP contribution in [0.25, 0.3) is 0 Å². The molecule has 2 saturated carbocycles. The molecule has 1 aromatic rings. The van der Waals surface area contributed by atoms with Gasteiger partial charge in [-0.2, -0.15) is 0 Å². The van der Waals surface area contributed by atoms with E-state index in [2.05, 4.69) is 17.2 Å². The summed E-state index contributed by atoms with van der Waals surface area (Å²) in [5, 5.41) is 3.33. The van der Waals surface area contributed by atoms with E-state index in [9.17, 15) is 4.79 Å². The van der Waals surface area contributed by atoms with Crippen molar-refractivity contribution in [3.63, 3.8) is 0 Å². The molecule has 0 saturated heterocycles. The number of nitrogens with zero attached hydrogens (tertiary/aromatic N) is 2. The summed E-state index contributed by atoms with van der Waals surface area (Å²) in [7, 11) is 0. The Morgan fingerprint density at radius 1 is 1.42 bits per heavy atom. The maximum atomic E-state index is 12.3. The molecule has 19 heavy (non-hydrogen) atoms. The van der Waals surface area contributed by atoms with E-state index in [-0.39, 0.29) is 5.56 Å². The van der Waals surface area contributed by atoms with Crippen LogP contribution in [0.2, 0.25) is 0 Å².